The normalized spacial score (nSPS) is 14.4. The third kappa shape index (κ3) is 5.18. The van der Waals surface area contributed by atoms with Crippen LogP contribution in [0.25, 0.3) is 0 Å². The number of hydrogen-bond acceptors (Lipinski definition) is 3. The minimum atomic E-state index is -1.12. The van der Waals surface area contributed by atoms with Crippen molar-refractivity contribution in [2.24, 2.45) is 0 Å². The number of methoxy groups -OCH3 is 1. The summed E-state index contributed by atoms with van der Waals surface area (Å²) in [6, 6.07) is 25.5. The van der Waals surface area contributed by atoms with Crippen LogP contribution in [0.3, 0.4) is 0 Å². The summed E-state index contributed by atoms with van der Waals surface area (Å²) >= 11 is 6.07. The van der Waals surface area contributed by atoms with Crippen molar-refractivity contribution in [2.75, 3.05) is 21.2 Å². The minimum Gasteiger partial charge on any atom is -0.497 e. The standard InChI is InChI=1S/C25H28ClNO2/c1-27(2)24(16-19-8-5-4-6-9-19)25(28,18-20-12-14-22(26)15-13-20)21-10-7-11-23(17-21)29-3/h4-15,17,24,28H,16,18H2,1-3H3. The lowest BCUT2D eigenvalue weighted by molar-refractivity contribution is -0.0389. The van der Waals surface area contributed by atoms with Gasteiger partial charge in [0.1, 0.15) is 11.4 Å². The average Bonchev–Trinajstić information content (AvgIpc) is 2.74. The van der Waals surface area contributed by atoms with E-state index < -0.39 is 5.60 Å². The topological polar surface area (TPSA) is 32.7 Å². The van der Waals surface area contributed by atoms with E-state index in [1.807, 2.05) is 80.8 Å². The van der Waals surface area contributed by atoms with E-state index in [4.69, 9.17) is 16.3 Å². The third-order valence-electron chi connectivity index (χ3n) is 5.40. The van der Waals surface area contributed by atoms with E-state index in [1.54, 1.807) is 7.11 Å². The van der Waals surface area contributed by atoms with Crippen molar-refractivity contribution in [3.05, 3.63) is 101 Å². The highest BCUT2D eigenvalue weighted by Gasteiger charge is 2.40. The molecule has 2 atom stereocenters. The van der Waals surface area contributed by atoms with Crippen LogP contribution in [-0.2, 0) is 18.4 Å². The van der Waals surface area contributed by atoms with Crippen LogP contribution < -0.4 is 4.74 Å². The van der Waals surface area contributed by atoms with Gasteiger partial charge in [-0.15, -0.1) is 0 Å². The Kier molecular flexibility index (Phi) is 6.96. The summed E-state index contributed by atoms with van der Waals surface area (Å²) in [5.74, 6) is 0.731. The first-order valence-corrected chi connectivity index (χ1v) is 10.1. The van der Waals surface area contributed by atoms with Crippen LogP contribution in [0, 0.1) is 0 Å². The summed E-state index contributed by atoms with van der Waals surface area (Å²) < 4.78 is 5.43. The molecule has 152 valence electrons. The Morgan fingerprint density at radius 3 is 2.24 bits per heavy atom. The molecule has 0 aliphatic carbocycles. The Morgan fingerprint density at radius 2 is 1.62 bits per heavy atom. The average molecular weight is 410 g/mol. The molecule has 1 N–H and O–H groups in total. The zero-order valence-electron chi connectivity index (χ0n) is 17.2. The third-order valence-corrected chi connectivity index (χ3v) is 5.65. The summed E-state index contributed by atoms with van der Waals surface area (Å²) in [4.78, 5) is 2.10. The minimum absolute atomic E-state index is 0.146. The second kappa shape index (κ2) is 9.45. The number of likely N-dealkylation sites (N-methyl/N-ethyl adjacent to an activating group) is 1. The van der Waals surface area contributed by atoms with Crippen molar-refractivity contribution >= 4 is 11.6 Å². The second-order valence-electron chi connectivity index (χ2n) is 7.63. The highest BCUT2D eigenvalue weighted by Crippen LogP contribution is 2.35. The van der Waals surface area contributed by atoms with Crippen molar-refractivity contribution in [1.29, 1.82) is 0 Å². The molecule has 3 aromatic rings. The maximum Gasteiger partial charge on any atom is 0.119 e. The molecular weight excluding hydrogens is 382 g/mol. The Morgan fingerprint density at radius 1 is 0.931 bits per heavy atom. The first-order valence-electron chi connectivity index (χ1n) is 9.74. The van der Waals surface area contributed by atoms with E-state index in [1.165, 1.54) is 5.56 Å². The lowest BCUT2D eigenvalue weighted by atomic mass is 9.78. The molecule has 2 unspecified atom stereocenters. The largest absolute Gasteiger partial charge is 0.497 e. The number of rotatable bonds is 8. The molecule has 0 saturated heterocycles. The SMILES string of the molecule is COc1cccc(C(O)(Cc2ccc(Cl)cc2)C(Cc2ccccc2)N(C)C)c1. The molecule has 0 aliphatic heterocycles. The molecule has 0 aromatic heterocycles. The van der Waals surface area contributed by atoms with Gasteiger partial charge in [-0.2, -0.15) is 0 Å². The van der Waals surface area contributed by atoms with Crippen molar-refractivity contribution in [1.82, 2.24) is 4.90 Å². The van der Waals surface area contributed by atoms with Crippen LogP contribution in [0.2, 0.25) is 5.02 Å². The zero-order chi connectivity index (χ0) is 20.9. The van der Waals surface area contributed by atoms with E-state index in [9.17, 15) is 5.11 Å². The zero-order valence-corrected chi connectivity index (χ0v) is 17.9. The molecule has 0 fully saturated rings. The Bertz CT molecular complexity index is 912. The van der Waals surface area contributed by atoms with Crippen molar-refractivity contribution < 1.29 is 9.84 Å². The number of aliphatic hydroxyl groups is 1. The van der Waals surface area contributed by atoms with Crippen LogP contribution in [0.1, 0.15) is 16.7 Å². The van der Waals surface area contributed by atoms with Crippen LogP contribution in [0.15, 0.2) is 78.9 Å². The molecule has 4 heteroatoms. The molecule has 0 aliphatic rings. The van der Waals surface area contributed by atoms with Gasteiger partial charge in [0.25, 0.3) is 0 Å². The smallest absolute Gasteiger partial charge is 0.119 e. The lowest BCUT2D eigenvalue weighted by Gasteiger charge is -2.41. The predicted molar refractivity (Wildman–Crippen MR) is 120 cm³/mol. The maximum atomic E-state index is 12.2. The number of halogens is 1. The van der Waals surface area contributed by atoms with Crippen molar-refractivity contribution in [3.8, 4) is 5.75 Å². The molecule has 0 spiro atoms. The monoisotopic (exact) mass is 409 g/mol. The van der Waals surface area contributed by atoms with E-state index in [0.29, 0.717) is 11.4 Å². The lowest BCUT2D eigenvalue weighted by Crippen LogP contribution is -2.50. The van der Waals surface area contributed by atoms with E-state index in [-0.39, 0.29) is 6.04 Å². The van der Waals surface area contributed by atoms with Gasteiger partial charge in [0.05, 0.1) is 7.11 Å². The number of hydrogen-bond donors (Lipinski definition) is 1. The van der Waals surface area contributed by atoms with Gasteiger partial charge in [-0.25, -0.2) is 0 Å². The molecule has 3 aromatic carbocycles. The van der Waals surface area contributed by atoms with Crippen LogP contribution in [0.4, 0.5) is 0 Å². The van der Waals surface area contributed by atoms with Gasteiger partial charge in [0.2, 0.25) is 0 Å². The molecule has 0 bridgehead atoms. The first kappa shape index (κ1) is 21.4. The molecule has 0 amide bonds. The van der Waals surface area contributed by atoms with Gasteiger partial charge >= 0.3 is 0 Å². The molecule has 0 saturated carbocycles. The van der Waals surface area contributed by atoms with Gasteiger partial charge < -0.3 is 14.7 Å². The molecule has 29 heavy (non-hydrogen) atoms. The van der Waals surface area contributed by atoms with E-state index in [0.717, 1.165) is 23.3 Å². The second-order valence-corrected chi connectivity index (χ2v) is 8.07. The molecular formula is C25H28ClNO2. The van der Waals surface area contributed by atoms with E-state index >= 15 is 0 Å². The highest BCUT2D eigenvalue weighted by molar-refractivity contribution is 6.30. The molecule has 3 rings (SSSR count). The van der Waals surface area contributed by atoms with Gasteiger partial charge in [-0.05, 0) is 61.5 Å². The fourth-order valence-corrected chi connectivity index (χ4v) is 3.96. The molecule has 0 radical (unpaired) electrons. The number of ether oxygens (including phenoxy) is 1. The predicted octanol–water partition coefficient (Wildman–Crippen LogP) is 4.95. The summed E-state index contributed by atoms with van der Waals surface area (Å²) in [6.07, 6.45) is 1.18. The van der Waals surface area contributed by atoms with Gasteiger partial charge in [0.15, 0.2) is 0 Å². The summed E-state index contributed by atoms with van der Waals surface area (Å²) in [6.45, 7) is 0. The van der Waals surface area contributed by atoms with Crippen LogP contribution in [-0.4, -0.2) is 37.3 Å². The molecule has 3 nitrogen and oxygen atoms in total. The Balaban J connectivity index is 2.06. The van der Waals surface area contributed by atoms with Crippen LogP contribution >= 0.6 is 11.6 Å². The Labute approximate surface area is 178 Å². The first-order chi connectivity index (χ1) is 13.9. The van der Waals surface area contributed by atoms with Gasteiger partial charge in [-0.3, -0.25) is 0 Å². The van der Waals surface area contributed by atoms with Crippen molar-refractivity contribution in [3.63, 3.8) is 0 Å². The molecule has 0 heterocycles. The van der Waals surface area contributed by atoms with E-state index in [2.05, 4.69) is 17.0 Å². The fraction of sp³-hybridized carbons (Fsp3) is 0.280. The van der Waals surface area contributed by atoms with Gasteiger partial charge in [0, 0.05) is 17.5 Å². The Hall–Kier alpha value is -2.33. The summed E-state index contributed by atoms with van der Waals surface area (Å²) in [5.41, 5.74) is 1.92. The van der Waals surface area contributed by atoms with Crippen LogP contribution in [0.5, 0.6) is 5.75 Å². The maximum absolute atomic E-state index is 12.2. The fourth-order valence-electron chi connectivity index (χ4n) is 3.83. The highest BCUT2D eigenvalue weighted by atomic mass is 35.5. The summed E-state index contributed by atoms with van der Waals surface area (Å²) in [7, 11) is 5.67. The summed E-state index contributed by atoms with van der Waals surface area (Å²) in [5, 5.41) is 12.9. The van der Waals surface area contributed by atoms with Crippen molar-refractivity contribution in [2.45, 2.75) is 24.5 Å². The quantitative estimate of drug-likeness (QED) is 0.571. The number of benzene rings is 3. The number of nitrogens with zero attached hydrogens (tertiary/aromatic N) is 1. The van der Waals surface area contributed by atoms with Gasteiger partial charge in [-0.1, -0.05) is 66.2 Å².